The van der Waals surface area contributed by atoms with E-state index in [2.05, 4.69) is 46.2 Å². The zero-order valence-electron chi connectivity index (χ0n) is 19.6. The molecule has 0 radical (unpaired) electrons. The standard InChI is InChI=1S/C31H28N2O2/c34-31(26-14-18-27(19-15-26)32-21-23-35-24-22-32)20-13-25-11-16-30(17-12-25)33(28-7-3-1-4-8-28)29-9-5-2-6-10-29/h1-20H,21-24H2. The van der Waals surface area contributed by atoms with Gasteiger partial charge in [0, 0.05) is 41.4 Å². The Labute approximate surface area is 206 Å². The summed E-state index contributed by atoms with van der Waals surface area (Å²) in [5.74, 6) is -0.00204. The summed E-state index contributed by atoms with van der Waals surface area (Å²) in [6, 6.07) is 36.7. The van der Waals surface area contributed by atoms with E-state index in [-0.39, 0.29) is 5.78 Å². The number of hydrogen-bond donors (Lipinski definition) is 0. The molecule has 0 bridgehead atoms. The van der Waals surface area contributed by atoms with E-state index in [0.29, 0.717) is 5.56 Å². The van der Waals surface area contributed by atoms with Crippen molar-refractivity contribution in [3.63, 3.8) is 0 Å². The Balaban J connectivity index is 1.30. The molecule has 1 fully saturated rings. The zero-order chi connectivity index (χ0) is 23.9. The molecule has 4 aromatic rings. The third kappa shape index (κ3) is 5.51. The number of ether oxygens (including phenoxy) is 1. The van der Waals surface area contributed by atoms with Crippen molar-refractivity contribution in [2.24, 2.45) is 0 Å². The molecule has 1 heterocycles. The smallest absolute Gasteiger partial charge is 0.185 e. The van der Waals surface area contributed by atoms with Gasteiger partial charge in [0.1, 0.15) is 0 Å². The van der Waals surface area contributed by atoms with E-state index >= 15 is 0 Å². The van der Waals surface area contributed by atoms with Crippen molar-refractivity contribution < 1.29 is 9.53 Å². The highest BCUT2D eigenvalue weighted by atomic mass is 16.5. The van der Waals surface area contributed by atoms with Crippen LogP contribution < -0.4 is 9.80 Å². The highest BCUT2D eigenvalue weighted by Gasteiger charge is 2.13. The van der Waals surface area contributed by atoms with Gasteiger partial charge in [-0.25, -0.2) is 0 Å². The van der Waals surface area contributed by atoms with Gasteiger partial charge in [-0.05, 0) is 72.3 Å². The fourth-order valence-electron chi connectivity index (χ4n) is 4.26. The number of hydrogen-bond acceptors (Lipinski definition) is 4. The first kappa shape index (κ1) is 22.6. The molecule has 0 atom stereocenters. The molecule has 0 aliphatic carbocycles. The lowest BCUT2D eigenvalue weighted by molar-refractivity contribution is 0.104. The molecule has 0 saturated carbocycles. The maximum atomic E-state index is 12.7. The van der Waals surface area contributed by atoms with Crippen molar-refractivity contribution in [2.75, 3.05) is 36.1 Å². The Morgan fingerprint density at radius 2 is 1.23 bits per heavy atom. The van der Waals surface area contributed by atoms with E-state index < -0.39 is 0 Å². The van der Waals surface area contributed by atoms with Crippen LogP contribution in [0.4, 0.5) is 22.7 Å². The van der Waals surface area contributed by atoms with Crippen molar-refractivity contribution in [3.8, 4) is 0 Å². The molecule has 35 heavy (non-hydrogen) atoms. The molecule has 0 amide bonds. The number of para-hydroxylation sites is 2. The minimum absolute atomic E-state index is 0.00204. The first-order valence-corrected chi connectivity index (χ1v) is 11.9. The van der Waals surface area contributed by atoms with E-state index in [4.69, 9.17) is 4.74 Å². The van der Waals surface area contributed by atoms with E-state index in [1.54, 1.807) is 6.08 Å². The molecule has 5 rings (SSSR count). The summed E-state index contributed by atoms with van der Waals surface area (Å²) in [5, 5.41) is 0. The van der Waals surface area contributed by atoms with Crippen LogP contribution in [-0.4, -0.2) is 32.1 Å². The third-order valence-corrected chi connectivity index (χ3v) is 6.14. The number of carbonyl (C=O) groups excluding carboxylic acids is 1. The van der Waals surface area contributed by atoms with Crippen molar-refractivity contribution in [1.82, 2.24) is 0 Å². The molecule has 0 spiro atoms. The van der Waals surface area contributed by atoms with Gasteiger partial charge in [-0.3, -0.25) is 4.79 Å². The van der Waals surface area contributed by atoms with Crippen LogP contribution in [0.15, 0.2) is 115 Å². The summed E-state index contributed by atoms with van der Waals surface area (Å²) in [4.78, 5) is 17.2. The summed E-state index contributed by atoms with van der Waals surface area (Å²) in [6.45, 7) is 3.26. The highest BCUT2D eigenvalue weighted by Crippen LogP contribution is 2.34. The van der Waals surface area contributed by atoms with Crippen LogP contribution in [0.1, 0.15) is 15.9 Å². The van der Waals surface area contributed by atoms with Crippen LogP contribution in [0.25, 0.3) is 6.08 Å². The summed E-state index contributed by atoms with van der Waals surface area (Å²) < 4.78 is 5.41. The molecule has 0 aromatic heterocycles. The number of nitrogens with zero attached hydrogens (tertiary/aromatic N) is 2. The Morgan fingerprint density at radius 3 is 1.80 bits per heavy atom. The lowest BCUT2D eigenvalue weighted by Gasteiger charge is -2.28. The van der Waals surface area contributed by atoms with Crippen LogP contribution in [0, 0.1) is 0 Å². The van der Waals surface area contributed by atoms with Gasteiger partial charge in [0.2, 0.25) is 0 Å². The van der Waals surface area contributed by atoms with Crippen molar-refractivity contribution in [2.45, 2.75) is 0 Å². The summed E-state index contributed by atoms with van der Waals surface area (Å²) in [6.07, 6.45) is 3.52. The SMILES string of the molecule is O=C(C=Cc1ccc(N(c2ccccc2)c2ccccc2)cc1)c1ccc(N2CCOCC2)cc1. The van der Waals surface area contributed by atoms with E-state index in [9.17, 15) is 4.79 Å². The van der Waals surface area contributed by atoms with Gasteiger partial charge in [0.25, 0.3) is 0 Å². The van der Waals surface area contributed by atoms with Crippen molar-refractivity contribution >= 4 is 34.6 Å². The molecule has 0 unspecified atom stereocenters. The van der Waals surface area contributed by atoms with E-state index in [0.717, 1.165) is 54.6 Å². The van der Waals surface area contributed by atoms with Crippen LogP contribution in [0.3, 0.4) is 0 Å². The predicted octanol–water partition coefficient (Wildman–Crippen LogP) is 6.89. The largest absolute Gasteiger partial charge is 0.378 e. The Morgan fingerprint density at radius 1 is 0.686 bits per heavy atom. The number of rotatable bonds is 7. The minimum Gasteiger partial charge on any atom is -0.378 e. The molecule has 1 aliphatic heterocycles. The van der Waals surface area contributed by atoms with Gasteiger partial charge in [-0.15, -0.1) is 0 Å². The van der Waals surface area contributed by atoms with E-state index in [1.165, 1.54) is 0 Å². The summed E-state index contributed by atoms with van der Waals surface area (Å²) in [5.41, 5.74) is 6.05. The molecule has 1 aliphatic rings. The maximum absolute atomic E-state index is 12.7. The van der Waals surface area contributed by atoms with Crippen LogP contribution >= 0.6 is 0 Å². The van der Waals surface area contributed by atoms with Gasteiger partial charge in [0.15, 0.2) is 5.78 Å². The number of anilines is 4. The van der Waals surface area contributed by atoms with Gasteiger partial charge in [-0.1, -0.05) is 54.6 Å². The third-order valence-electron chi connectivity index (χ3n) is 6.14. The lowest BCUT2D eigenvalue weighted by atomic mass is 10.1. The molecular formula is C31H28N2O2. The first-order chi connectivity index (χ1) is 17.3. The quantitative estimate of drug-likeness (QED) is 0.222. The number of ketones is 1. The predicted molar refractivity (Wildman–Crippen MR) is 144 cm³/mol. The molecule has 1 saturated heterocycles. The summed E-state index contributed by atoms with van der Waals surface area (Å²) >= 11 is 0. The van der Waals surface area contributed by atoms with Gasteiger partial charge in [0.05, 0.1) is 13.2 Å². The first-order valence-electron chi connectivity index (χ1n) is 11.9. The second-order valence-electron chi connectivity index (χ2n) is 8.44. The van der Waals surface area contributed by atoms with Crippen LogP contribution in [0.2, 0.25) is 0 Å². The minimum atomic E-state index is -0.00204. The second-order valence-corrected chi connectivity index (χ2v) is 8.44. The number of morpholine rings is 1. The number of carbonyl (C=O) groups is 1. The van der Waals surface area contributed by atoms with Crippen molar-refractivity contribution in [1.29, 1.82) is 0 Å². The van der Waals surface area contributed by atoms with Crippen LogP contribution in [0.5, 0.6) is 0 Å². The van der Waals surface area contributed by atoms with Crippen LogP contribution in [-0.2, 0) is 4.74 Å². The monoisotopic (exact) mass is 460 g/mol. The molecular weight excluding hydrogens is 432 g/mol. The Kier molecular flexibility index (Phi) is 7.02. The number of benzene rings is 4. The van der Waals surface area contributed by atoms with Gasteiger partial charge in [-0.2, -0.15) is 0 Å². The average Bonchev–Trinajstić information content (AvgIpc) is 2.94. The molecule has 4 aromatic carbocycles. The highest BCUT2D eigenvalue weighted by molar-refractivity contribution is 6.07. The number of allylic oxidation sites excluding steroid dienone is 1. The molecule has 4 nitrogen and oxygen atoms in total. The Bertz CT molecular complexity index is 1220. The summed E-state index contributed by atoms with van der Waals surface area (Å²) in [7, 11) is 0. The van der Waals surface area contributed by atoms with E-state index in [1.807, 2.05) is 78.9 Å². The zero-order valence-corrected chi connectivity index (χ0v) is 19.6. The topological polar surface area (TPSA) is 32.8 Å². The molecule has 174 valence electrons. The second kappa shape index (κ2) is 10.9. The Hall–Kier alpha value is -4.15. The molecule has 4 heteroatoms. The molecule has 0 N–H and O–H groups in total. The van der Waals surface area contributed by atoms with Crippen molar-refractivity contribution in [3.05, 3.63) is 126 Å². The maximum Gasteiger partial charge on any atom is 0.185 e. The fraction of sp³-hybridized carbons (Fsp3) is 0.129. The fourth-order valence-corrected chi connectivity index (χ4v) is 4.26. The average molecular weight is 461 g/mol. The lowest BCUT2D eigenvalue weighted by Crippen LogP contribution is -2.36. The van der Waals surface area contributed by atoms with Gasteiger partial charge < -0.3 is 14.5 Å². The normalized spacial score (nSPS) is 13.7. The van der Waals surface area contributed by atoms with Gasteiger partial charge >= 0.3 is 0 Å².